The fourth-order valence-electron chi connectivity index (χ4n) is 1.70. The first-order valence-electron chi connectivity index (χ1n) is 5.76. The molecule has 0 saturated carbocycles. The lowest BCUT2D eigenvalue weighted by Crippen LogP contribution is -2.03. The van der Waals surface area contributed by atoms with Crippen molar-refractivity contribution in [2.24, 2.45) is 0 Å². The van der Waals surface area contributed by atoms with Crippen LogP contribution in [0, 0.1) is 0 Å². The molecule has 0 amide bonds. The van der Waals surface area contributed by atoms with Crippen LogP contribution in [0.5, 0.6) is 0 Å². The van der Waals surface area contributed by atoms with Crippen LogP contribution in [0.2, 0.25) is 0 Å². The van der Waals surface area contributed by atoms with Crippen molar-refractivity contribution in [3.63, 3.8) is 0 Å². The van der Waals surface area contributed by atoms with Crippen LogP contribution in [0.25, 0.3) is 11.4 Å². The lowest BCUT2D eigenvalue weighted by molar-refractivity contribution is 0.0983. The fourth-order valence-corrected chi connectivity index (χ4v) is 1.70. The van der Waals surface area contributed by atoms with Gasteiger partial charge in [0.1, 0.15) is 6.26 Å². The molecule has 0 unspecified atom stereocenters. The summed E-state index contributed by atoms with van der Waals surface area (Å²) in [6, 6.07) is 10.7. The average Bonchev–Trinajstić information content (AvgIpc) is 3.10. The van der Waals surface area contributed by atoms with Crippen molar-refractivity contribution >= 4 is 5.78 Å². The summed E-state index contributed by atoms with van der Waals surface area (Å²) >= 11 is 0. The maximum Gasteiger partial charge on any atom is 0.234 e. The Labute approximate surface area is 108 Å². The van der Waals surface area contributed by atoms with E-state index in [1.165, 1.54) is 12.5 Å². The van der Waals surface area contributed by atoms with Crippen LogP contribution < -0.4 is 0 Å². The molecule has 0 spiro atoms. The summed E-state index contributed by atoms with van der Waals surface area (Å²) in [5.41, 5.74) is 1.35. The van der Waals surface area contributed by atoms with E-state index in [0.717, 1.165) is 5.56 Å². The van der Waals surface area contributed by atoms with Crippen molar-refractivity contribution in [3.8, 4) is 11.4 Å². The minimum Gasteiger partial charge on any atom is -0.472 e. The van der Waals surface area contributed by atoms with Gasteiger partial charge < -0.3 is 8.94 Å². The molecular formula is C14H10N2O3. The highest BCUT2D eigenvalue weighted by atomic mass is 16.5. The zero-order valence-electron chi connectivity index (χ0n) is 9.95. The van der Waals surface area contributed by atoms with Gasteiger partial charge in [-0.15, -0.1) is 0 Å². The zero-order valence-corrected chi connectivity index (χ0v) is 9.95. The van der Waals surface area contributed by atoms with Gasteiger partial charge in [-0.3, -0.25) is 4.79 Å². The molecule has 0 fully saturated rings. The van der Waals surface area contributed by atoms with Crippen molar-refractivity contribution in [2.75, 3.05) is 0 Å². The van der Waals surface area contributed by atoms with Gasteiger partial charge in [0, 0.05) is 5.56 Å². The molecule has 19 heavy (non-hydrogen) atoms. The predicted molar refractivity (Wildman–Crippen MR) is 66.5 cm³/mol. The quantitative estimate of drug-likeness (QED) is 0.669. The number of hydrogen-bond donors (Lipinski definition) is 0. The van der Waals surface area contributed by atoms with E-state index < -0.39 is 0 Å². The molecule has 0 atom stereocenters. The molecule has 3 rings (SSSR count). The van der Waals surface area contributed by atoms with Crippen molar-refractivity contribution in [1.82, 2.24) is 10.1 Å². The van der Waals surface area contributed by atoms with Gasteiger partial charge in [-0.1, -0.05) is 35.5 Å². The normalized spacial score (nSPS) is 10.5. The SMILES string of the molecule is O=C(Cc1nc(-c2ccoc2)no1)c1ccccc1. The van der Waals surface area contributed by atoms with E-state index in [1.807, 2.05) is 18.2 Å². The van der Waals surface area contributed by atoms with E-state index in [-0.39, 0.29) is 12.2 Å². The number of hydrogen-bond acceptors (Lipinski definition) is 5. The third-order valence-corrected chi connectivity index (χ3v) is 2.66. The first kappa shape index (κ1) is 11.4. The minimum atomic E-state index is -0.0528. The van der Waals surface area contributed by atoms with Gasteiger partial charge in [0.25, 0.3) is 0 Å². The van der Waals surface area contributed by atoms with Gasteiger partial charge in [0.15, 0.2) is 5.78 Å². The monoisotopic (exact) mass is 254 g/mol. The summed E-state index contributed by atoms with van der Waals surface area (Å²) in [5, 5.41) is 3.81. The third-order valence-electron chi connectivity index (χ3n) is 2.66. The van der Waals surface area contributed by atoms with Gasteiger partial charge in [0.2, 0.25) is 11.7 Å². The van der Waals surface area contributed by atoms with Crippen molar-refractivity contribution in [3.05, 3.63) is 60.4 Å². The number of carbonyl (C=O) groups excluding carboxylic acids is 1. The molecule has 5 nitrogen and oxygen atoms in total. The lowest BCUT2D eigenvalue weighted by atomic mass is 10.1. The number of ketones is 1. The molecule has 0 N–H and O–H groups in total. The topological polar surface area (TPSA) is 69.1 Å². The van der Waals surface area contributed by atoms with E-state index >= 15 is 0 Å². The van der Waals surface area contributed by atoms with Gasteiger partial charge >= 0.3 is 0 Å². The lowest BCUT2D eigenvalue weighted by Gasteiger charge is -1.95. The Morgan fingerprint density at radius 2 is 2.00 bits per heavy atom. The number of aromatic nitrogens is 2. The van der Waals surface area contributed by atoms with Gasteiger partial charge in [-0.2, -0.15) is 4.98 Å². The Balaban J connectivity index is 1.76. The number of benzene rings is 1. The molecule has 3 aromatic rings. The van der Waals surface area contributed by atoms with E-state index in [2.05, 4.69) is 10.1 Å². The summed E-state index contributed by atoms with van der Waals surface area (Å²) in [5.74, 6) is 0.664. The van der Waals surface area contributed by atoms with Gasteiger partial charge in [-0.05, 0) is 6.07 Å². The molecule has 0 radical (unpaired) electrons. The first-order valence-corrected chi connectivity index (χ1v) is 5.76. The van der Waals surface area contributed by atoms with E-state index in [9.17, 15) is 4.79 Å². The number of furan rings is 1. The van der Waals surface area contributed by atoms with Crippen LogP contribution in [0.3, 0.4) is 0 Å². The average molecular weight is 254 g/mol. The van der Waals surface area contributed by atoms with Crippen LogP contribution in [0.15, 0.2) is 57.9 Å². The molecule has 94 valence electrons. The van der Waals surface area contributed by atoms with Crippen molar-refractivity contribution in [2.45, 2.75) is 6.42 Å². The molecule has 0 aliphatic carbocycles. The summed E-state index contributed by atoms with van der Waals surface area (Å²) < 4.78 is 10.00. The molecule has 2 heterocycles. The predicted octanol–water partition coefficient (Wildman–Crippen LogP) is 2.76. The molecule has 0 bridgehead atoms. The largest absolute Gasteiger partial charge is 0.472 e. The standard InChI is InChI=1S/C14H10N2O3/c17-12(10-4-2-1-3-5-10)8-13-15-14(16-19-13)11-6-7-18-9-11/h1-7,9H,8H2. The van der Waals surface area contributed by atoms with Crippen molar-refractivity contribution in [1.29, 1.82) is 0 Å². The van der Waals surface area contributed by atoms with Gasteiger partial charge in [0.05, 0.1) is 18.2 Å². The van der Waals surface area contributed by atoms with Crippen molar-refractivity contribution < 1.29 is 13.7 Å². The molecule has 2 aromatic heterocycles. The number of rotatable bonds is 4. The van der Waals surface area contributed by atoms with Crippen LogP contribution in [0.1, 0.15) is 16.2 Å². The highest BCUT2D eigenvalue weighted by Crippen LogP contribution is 2.16. The van der Waals surface area contributed by atoms with Crippen LogP contribution in [0.4, 0.5) is 0 Å². The molecule has 1 aromatic carbocycles. The summed E-state index contributed by atoms with van der Waals surface area (Å²) in [6.07, 6.45) is 3.14. The second-order valence-electron chi connectivity index (χ2n) is 3.99. The van der Waals surface area contributed by atoms with E-state index in [0.29, 0.717) is 17.3 Å². The second kappa shape index (κ2) is 4.89. The van der Waals surface area contributed by atoms with E-state index in [1.54, 1.807) is 18.2 Å². The molecule has 0 aliphatic rings. The molecule has 0 aliphatic heterocycles. The smallest absolute Gasteiger partial charge is 0.234 e. The van der Waals surface area contributed by atoms with Crippen LogP contribution in [-0.2, 0) is 6.42 Å². The molecular weight excluding hydrogens is 244 g/mol. The number of Topliss-reactive ketones (excluding diaryl/α,β-unsaturated/α-hetero) is 1. The summed E-state index contributed by atoms with van der Waals surface area (Å²) in [4.78, 5) is 16.1. The Morgan fingerprint density at radius 1 is 1.16 bits per heavy atom. The highest BCUT2D eigenvalue weighted by molar-refractivity contribution is 5.96. The second-order valence-corrected chi connectivity index (χ2v) is 3.99. The highest BCUT2D eigenvalue weighted by Gasteiger charge is 2.14. The zero-order chi connectivity index (χ0) is 13.1. The molecule has 5 heteroatoms. The van der Waals surface area contributed by atoms with Crippen LogP contribution in [-0.4, -0.2) is 15.9 Å². The van der Waals surface area contributed by atoms with E-state index in [4.69, 9.17) is 8.94 Å². The molecule has 0 saturated heterocycles. The minimum absolute atomic E-state index is 0.0528. The van der Waals surface area contributed by atoms with Crippen LogP contribution >= 0.6 is 0 Å². The van der Waals surface area contributed by atoms with Gasteiger partial charge in [-0.25, -0.2) is 0 Å². The maximum atomic E-state index is 12.0. The first-order chi connectivity index (χ1) is 9.33. The Morgan fingerprint density at radius 3 is 2.74 bits per heavy atom. The number of carbonyl (C=O) groups is 1. The fraction of sp³-hybridized carbons (Fsp3) is 0.0714. The number of nitrogens with zero attached hydrogens (tertiary/aromatic N) is 2. The summed E-state index contributed by atoms with van der Waals surface area (Å²) in [7, 11) is 0. The maximum absolute atomic E-state index is 12.0. The summed E-state index contributed by atoms with van der Waals surface area (Å²) in [6.45, 7) is 0. The Kier molecular flexibility index (Phi) is 2.94. The Hall–Kier alpha value is -2.69. The third kappa shape index (κ3) is 2.44. The Bertz CT molecular complexity index is 672.